The third kappa shape index (κ3) is 4.74. The Hall–Kier alpha value is -1.02. The Bertz CT molecular complexity index is 449. The molecule has 0 aliphatic carbocycles. The summed E-state index contributed by atoms with van der Waals surface area (Å²) in [5, 5.41) is 3.63. The van der Waals surface area contributed by atoms with Crippen molar-refractivity contribution < 1.29 is 4.74 Å². The van der Waals surface area contributed by atoms with Crippen molar-refractivity contribution in [2.24, 2.45) is 11.8 Å². The molecule has 2 nitrogen and oxygen atoms in total. The van der Waals surface area contributed by atoms with Gasteiger partial charge in [0.1, 0.15) is 5.75 Å². The fourth-order valence-corrected chi connectivity index (χ4v) is 3.01. The molecule has 1 aliphatic rings. The van der Waals surface area contributed by atoms with Gasteiger partial charge in [-0.3, -0.25) is 0 Å². The minimum absolute atomic E-state index is 0.208. The molecule has 118 valence electrons. The van der Waals surface area contributed by atoms with Gasteiger partial charge in [-0.05, 0) is 69.5 Å². The van der Waals surface area contributed by atoms with Crippen LogP contribution >= 0.6 is 0 Å². The van der Waals surface area contributed by atoms with Crippen LogP contribution in [0.15, 0.2) is 24.3 Å². The van der Waals surface area contributed by atoms with E-state index in [0.29, 0.717) is 11.8 Å². The van der Waals surface area contributed by atoms with Crippen LogP contribution in [-0.4, -0.2) is 18.7 Å². The zero-order valence-electron chi connectivity index (χ0n) is 14.3. The Morgan fingerprint density at radius 1 is 1.19 bits per heavy atom. The fourth-order valence-electron chi connectivity index (χ4n) is 3.01. The number of nitrogens with one attached hydrogen (secondary N) is 1. The van der Waals surface area contributed by atoms with Crippen molar-refractivity contribution in [3.05, 3.63) is 29.8 Å². The number of para-hydroxylation sites is 1. The van der Waals surface area contributed by atoms with Crippen molar-refractivity contribution in [2.75, 3.05) is 13.2 Å². The van der Waals surface area contributed by atoms with E-state index in [0.717, 1.165) is 31.2 Å². The summed E-state index contributed by atoms with van der Waals surface area (Å²) < 4.78 is 5.78. The summed E-state index contributed by atoms with van der Waals surface area (Å²) in [5.74, 6) is 3.17. The van der Waals surface area contributed by atoms with Gasteiger partial charge in [-0.25, -0.2) is 0 Å². The van der Waals surface area contributed by atoms with Crippen molar-refractivity contribution in [1.82, 2.24) is 5.32 Å². The van der Waals surface area contributed by atoms with Gasteiger partial charge in [0.25, 0.3) is 0 Å². The Morgan fingerprint density at radius 3 is 2.62 bits per heavy atom. The lowest BCUT2D eigenvalue weighted by molar-refractivity contribution is 0.234. The molecular weight excluding hydrogens is 258 g/mol. The molecule has 0 amide bonds. The van der Waals surface area contributed by atoms with E-state index in [1.807, 2.05) is 0 Å². The predicted octanol–water partition coefficient (Wildman–Crippen LogP) is 4.60. The van der Waals surface area contributed by atoms with E-state index in [9.17, 15) is 0 Å². The first-order valence-electron chi connectivity index (χ1n) is 8.33. The van der Waals surface area contributed by atoms with Gasteiger partial charge in [-0.2, -0.15) is 0 Å². The zero-order valence-corrected chi connectivity index (χ0v) is 14.3. The highest BCUT2D eigenvalue weighted by Crippen LogP contribution is 2.38. The summed E-state index contributed by atoms with van der Waals surface area (Å²) in [7, 11) is 0. The normalized spacial score (nSPS) is 21.3. The highest BCUT2D eigenvalue weighted by molar-refractivity contribution is 5.37. The lowest BCUT2D eigenvalue weighted by Crippen LogP contribution is -2.40. The van der Waals surface area contributed by atoms with E-state index in [4.69, 9.17) is 4.74 Å². The molecule has 1 heterocycles. The molecular formula is C19H31NO. The van der Waals surface area contributed by atoms with Gasteiger partial charge in [0, 0.05) is 5.54 Å². The summed E-state index contributed by atoms with van der Waals surface area (Å²) >= 11 is 0. The fraction of sp³-hybridized carbons (Fsp3) is 0.684. The maximum Gasteiger partial charge on any atom is 0.122 e. The molecule has 2 heteroatoms. The first kappa shape index (κ1) is 16.4. The minimum atomic E-state index is 0.208. The molecule has 3 atom stereocenters. The molecule has 1 aromatic rings. The van der Waals surface area contributed by atoms with Gasteiger partial charge in [0.05, 0.1) is 6.61 Å². The number of benzene rings is 1. The van der Waals surface area contributed by atoms with E-state index < -0.39 is 0 Å². The average molecular weight is 289 g/mol. The standard InChI is InChI=1S/C19H31NO/c1-14(15(2)13-20-19(3,4)5)12-16-10-11-21-18-9-7-6-8-17(16)18/h6-9,14-16,20H,10-13H2,1-5H3. The Labute approximate surface area is 130 Å². The summed E-state index contributed by atoms with van der Waals surface area (Å²) in [5.41, 5.74) is 1.62. The first-order chi connectivity index (χ1) is 9.87. The summed E-state index contributed by atoms with van der Waals surface area (Å²) in [4.78, 5) is 0. The van der Waals surface area contributed by atoms with Crippen LogP contribution in [0.2, 0.25) is 0 Å². The van der Waals surface area contributed by atoms with E-state index in [1.54, 1.807) is 0 Å². The molecule has 1 aromatic carbocycles. The minimum Gasteiger partial charge on any atom is -0.493 e. The van der Waals surface area contributed by atoms with Crippen LogP contribution < -0.4 is 10.1 Å². The summed E-state index contributed by atoms with van der Waals surface area (Å²) in [6, 6.07) is 8.55. The van der Waals surface area contributed by atoms with Gasteiger partial charge in [-0.15, -0.1) is 0 Å². The quantitative estimate of drug-likeness (QED) is 0.855. The molecule has 3 unspecified atom stereocenters. The average Bonchev–Trinajstić information content (AvgIpc) is 2.44. The van der Waals surface area contributed by atoms with Crippen molar-refractivity contribution in [3.63, 3.8) is 0 Å². The van der Waals surface area contributed by atoms with Gasteiger partial charge < -0.3 is 10.1 Å². The Balaban J connectivity index is 1.93. The van der Waals surface area contributed by atoms with Crippen LogP contribution in [0.4, 0.5) is 0 Å². The van der Waals surface area contributed by atoms with E-state index in [2.05, 4.69) is 64.2 Å². The number of fused-ring (bicyclic) bond motifs is 1. The number of ether oxygens (including phenoxy) is 1. The molecule has 0 aromatic heterocycles. The third-order valence-electron chi connectivity index (χ3n) is 4.66. The molecule has 0 saturated carbocycles. The summed E-state index contributed by atoms with van der Waals surface area (Å²) in [6.07, 6.45) is 2.41. The van der Waals surface area contributed by atoms with Crippen molar-refractivity contribution >= 4 is 0 Å². The van der Waals surface area contributed by atoms with E-state index in [-0.39, 0.29) is 5.54 Å². The smallest absolute Gasteiger partial charge is 0.122 e. The molecule has 0 saturated heterocycles. The predicted molar refractivity (Wildman–Crippen MR) is 90.0 cm³/mol. The Morgan fingerprint density at radius 2 is 1.90 bits per heavy atom. The van der Waals surface area contributed by atoms with Crippen LogP contribution in [0.25, 0.3) is 0 Å². The second kappa shape index (κ2) is 6.83. The molecule has 0 bridgehead atoms. The van der Waals surface area contributed by atoms with Gasteiger partial charge in [-0.1, -0.05) is 32.0 Å². The highest BCUT2D eigenvalue weighted by Gasteiger charge is 2.25. The van der Waals surface area contributed by atoms with Crippen LogP contribution in [0, 0.1) is 11.8 Å². The van der Waals surface area contributed by atoms with E-state index >= 15 is 0 Å². The molecule has 0 spiro atoms. The first-order valence-corrected chi connectivity index (χ1v) is 8.33. The number of hydrogen-bond donors (Lipinski definition) is 1. The molecule has 0 fully saturated rings. The molecule has 21 heavy (non-hydrogen) atoms. The SMILES string of the molecule is CC(CNC(C)(C)C)C(C)CC1CCOc2ccccc21. The van der Waals surface area contributed by atoms with Crippen molar-refractivity contribution in [2.45, 2.75) is 58.9 Å². The monoisotopic (exact) mass is 289 g/mol. The van der Waals surface area contributed by atoms with Crippen LogP contribution in [0.1, 0.15) is 58.9 Å². The molecule has 2 rings (SSSR count). The van der Waals surface area contributed by atoms with Crippen LogP contribution in [0.3, 0.4) is 0 Å². The zero-order chi connectivity index (χ0) is 15.5. The summed E-state index contributed by atoms with van der Waals surface area (Å²) in [6.45, 7) is 13.4. The lowest BCUT2D eigenvalue weighted by atomic mass is 9.81. The third-order valence-corrected chi connectivity index (χ3v) is 4.66. The topological polar surface area (TPSA) is 21.3 Å². The second-order valence-corrected chi connectivity index (χ2v) is 7.69. The molecule has 1 aliphatic heterocycles. The van der Waals surface area contributed by atoms with Crippen molar-refractivity contribution in [3.8, 4) is 5.75 Å². The highest BCUT2D eigenvalue weighted by atomic mass is 16.5. The van der Waals surface area contributed by atoms with Crippen molar-refractivity contribution in [1.29, 1.82) is 0 Å². The van der Waals surface area contributed by atoms with Gasteiger partial charge >= 0.3 is 0 Å². The molecule has 0 radical (unpaired) electrons. The van der Waals surface area contributed by atoms with Crippen LogP contribution in [-0.2, 0) is 0 Å². The largest absolute Gasteiger partial charge is 0.493 e. The number of rotatable bonds is 5. The maximum absolute atomic E-state index is 5.78. The second-order valence-electron chi connectivity index (χ2n) is 7.69. The molecule has 1 N–H and O–H groups in total. The van der Waals surface area contributed by atoms with E-state index in [1.165, 1.54) is 12.0 Å². The van der Waals surface area contributed by atoms with Gasteiger partial charge in [0.2, 0.25) is 0 Å². The van der Waals surface area contributed by atoms with Crippen LogP contribution in [0.5, 0.6) is 5.75 Å². The lowest BCUT2D eigenvalue weighted by Gasteiger charge is -2.31. The Kier molecular flexibility index (Phi) is 5.32. The number of hydrogen-bond acceptors (Lipinski definition) is 2. The maximum atomic E-state index is 5.78. The van der Waals surface area contributed by atoms with Gasteiger partial charge in [0.15, 0.2) is 0 Å².